The van der Waals surface area contributed by atoms with Gasteiger partial charge in [0.25, 0.3) is 0 Å². The van der Waals surface area contributed by atoms with Crippen LogP contribution in [0.3, 0.4) is 0 Å². The molecule has 0 aromatic heterocycles. The van der Waals surface area contributed by atoms with Crippen molar-refractivity contribution in [2.75, 3.05) is 33.4 Å². The summed E-state index contributed by atoms with van der Waals surface area (Å²) in [5.74, 6) is 1.01. The maximum atomic E-state index is 5.12. The predicted octanol–water partition coefficient (Wildman–Crippen LogP) is 3.32. The normalized spacial score (nSPS) is 19.1. The minimum Gasteiger partial charge on any atom is -0.383 e. The third kappa shape index (κ3) is 5.86. The third-order valence-corrected chi connectivity index (χ3v) is 3.78. The van der Waals surface area contributed by atoms with Gasteiger partial charge in [-0.15, -0.1) is 0 Å². The van der Waals surface area contributed by atoms with Gasteiger partial charge in [0.1, 0.15) is 0 Å². The van der Waals surface area contributed by atoms with Crippen molar-refractivity contribution in [1.29, 1.82) is 0 Å². The van der Waals surface area contributed by atoms with E-state index >= 15 is 0 Å². The third-order valence-electron chi connectivity index (χ3n) is 3.78. The Labute approximate surface area is 101 Å². The molecule has 2 nitrogen and oxygen atoms in total. The first-order valence-corrected chi connectivity index (χ1v) is 7.08. The second kappa shape index (κ2) is 9.00. The van der Waals surface area contributed by atoms with Crippen LogP contribution in [0.5, 0.6) is 0 Å². The summed E-state index contributed by atoms with van der Waals surface area (Å²) in [6.07, 6.45) is 9.98. The number of hydrogen-bond acceptors (Lipinski definition) is 2. The van der Waals surface area contributed by atoms with Crippen molar-refractivity contribution >= 4 is 0 Å². The number of piperidine rings is 1. The molecule has 1 heterocycles. The molecule has 0 aromatic carbocycles. The second-order valence-corrected chi connectivity index (χ2v) is 5.13. The number of likely N-dealkylation sites (tertiary alicyclic amines) is 1. The molecule has 1 rings (SSSR count). The van der Waals surface area contributed by atoms with E-state index < -0.39 is 0 Å². The van der Waals surface area contributed by atoms with Crippen LogP contribution < -0.4 is 0 Å². The van der Waals surface area contributed by atoms with Crippen molar-refractivity contribution in [2.45, 2.75) is 51.9 Å². The number of ether oxygens (including phenoxy) is 1. The summed E-state index contributed by atoms with van der Waals surface area (Å²) in [5, 5.41) is 0. The fraction of sp³-hybridized carbons (Fsp3) is 1.00. The Morgan fingerprint density at radius 2 is 1.88 bits per heavy atom. The molecule has 0 radical (unpaired) electrons. The molecule has 16 heavy (non-hydrogen) atoms. The SMILES string of the molecule is CCCCCCC1CCN(CCOC)CC1. The van der Waals surface area contributed by atoms with E-state index in [1.54, 1.807) is 7.11 Å². The van der Waals surface area contributed by atoms with Crippen LogP contribution >= 0.6 is 0 Å². The van der Waals surface area contributed by atoms with Gasteiger partial charge in [-0.2, -0.15) is 0 Å². The molecule has 1 aliphatic rings. The lowest BCUT2D eigenvalue weighted by atomic mass is 9.91. The first-order valence-electron chi connectivity index (χ1n) is 7.08. The van der Waals surface area contributed by atoms with E-state index in [0.29, 0.717) is 0 Å². The van der Waals surface area contributed by atoms with Crippen molar-refractivity contribution in [3.8, 4) is 0 Å². The van der Waals surface area contributed by atoms with Gasteiger partial charge in [-0.25, -0.2) is 0 Å². The number of hydrogen-bond donors (Lipinski definition) is 0. The lowest BCUT2D eigenvalue weighted by Crippen LogP contribution is -2.35. The molecular weight excluding hydrogens is 198 g/mol. The van der Waals surface area contributed by atoms with Gasteiger partial charge in [0.05, 0.1) is 6.61 Å². The van der Waals surface area contributed by atoms with Crippen molar-refractivity contribution in [2.24, 2.45) is 5.92 Å². The number of unbranched alkanes of at least 4 members (excludes halogenated alkanes) is 3. The number of nitrogens with zero attached hydrogens (tertiary/aromatic N) is 1. The standard InChI is InChI=1S/C14H29NO/c1-3-4-5-6-7-14-8-10-15(11-9-14)12-13-16-2/h14H,3-13H2,1-2H3. The maximum absolute atomic E-state index is 5.12. The monoisotopic (exact) mass is 227 g/mol. The molecule has 0 atom stereocenters. The minimum absolute atomic E-state index is 0.890. The average molecular weight is 227 g/mol. The zero-order chi connectivity index (χ0) is 11.6. The molecule has 1 saturated heterocycles. The highest BCUT2D eigenvalue weighted by molar-refractivity contribution is 4.72. The van der Waals surface area contributed by atoms with Gasteiger partial charge in [0, 0.05) is 13.7 Å². The Balaban J connectivity index is 1.98. The largest absolute Gasteiger partial charge is 0.383 e. The Morgan fingerprint density at radius 3 is 2.50 bits per heavy atom. The Bertz CT molecular complexity index is 153. The van der Waals surface area contributed by atoms with Gasteiger partial charge >= 0.3 is 0 Å². The quantitative estimate of drug-likeness (QED) is 0.590. The van der Waals surface area contributed by atoms with Crippen LogP contribution in [0, 0.1) is 5.92 Å². The summed E-state index contributed by atoms with van der Waals surface area (Å²) in [6.45, 7) is 6.89. The average Bonchev–Trinajstić information content (AvgIpc) is 2.33. The summed E-state index contributed by atoms with van der Waals surface area (Å²) in [4.78, 5) is 2.55. The second-order valence-electron chi connectivity index (χ2n) is 5.13. The van der Waals surface area contributed by atoms with E-state index in [0.717, 1.165) is 19.1 Å². The van der Waals surface area contributed by atoms with Crippen LogP contribution in [0.4, 0.5) is 0 Å². The molecule has 0 amide bonds. The van der Waals surface area contributed by atoms with E-state index in [1.807, 2.05) is 0 Å². The summed E-state index contributed by atoms with van der Waals surface area (Å²) in [5.41, 5.74) is 0. The first kappa shape index (κ1) is 14.0. The molecule has 96 valence electrons. The molecule has 1 fully saturated rings. The van der Waals surface area contributed by atoms with E-state index in [9.17, 15) is 0 Å². The Hall–Kier alpha value is -0.0800. The Morgan fingerprint density at radius 1 is 1.12 bits per heavy atom. The van der Waals surface area contributed by atoms with E-state index in [-0.39, 0.29) is 0 Å². The van der Waals surface area contributed by atoms with Crippen molar-refractivity contribution in [1.82, 2.24) is 4.90 Å². The summed E-state index contributed by atoms with van der Waals surface area (Å²) < 4.78 is 5.12. The van der Waals surface area contributed by atoms with Crippen LogP contribution in [0.15, 0.2) is 0 Å². The molecule has 0 bridgehead atoms. The van der Waals surface area contributed by atoms with Crippen LogP contribution in [0.25, 0.3) is 0 Å². The fourth-order valence-corrected chi connectivity index (χ4v) is 2.58. The topological polar surface area (TPSA) is 12.5 Å². The molecule has 1 aliphatic heterocycles. The highest BCUT2D eigenvalue weighted by atomic mass is 16.5. The summed E-state index contributed by atoms with van der Waals surface area (Å²) in [6, 6.07) is 0. The summed E-state index contributed by atoms with van der Waals surface area (Å²) in [7, 11) is 1.79. The molecule has 2 heteroatoms. The predicted molar refractivity (Wildman–Crippen MR) is 69.8 cm³/mol. The van der Waals surface area contributed by atoms with Crippen LogP contribution in [-0.2, 0) is 4.74 Å². The lowest BCUT2D eigenvalue weighted by Gasteiger charge is -2.31. The molecule has 0 spiro atoms. The van der Waals surface area contributed by atoms with Crippen LogP contribution in [0.1, 0.15) is 51.9 Å². The van der Waals surface area contributed by atoms with Crippen molar-refractivity contribution in [3.63, 3.8) is 0 Å². The van der Waals surface area contributed by atoms with Gasteiger partial charge in [-0.3, -0.25) is 0 Å². The summed E-state index contributed by atoms with van der Waals surface area (Å²) >= 11 is 0. The van der Waals surface area contributed by atoms with Crippen molar-refractivity contribution in [3.05, 3.63) is 0 Å². The van der Waals surface area contributed by atoms with E-state index in [4.69, 9.17) is 4.74 Å². The van der Waals surface area contributed by atoms with Crippen LogP contribution in [0.2, 0.25) is 0 Å². The molecule has 0 aliphatic carbocycles. The molecule has 0 unspecified atom stereocenters. The van der Waals surface area contributed by atoms with Gasteiger partial charge in [-0.05, 0) is 31.8 Å². The zero-order valence-electron chi connectivity index (χ0n) is 11.2. The molecule has 0 N–H and O–H groups in total. The van der Waals surface area contributed by atoms with Gasteiger partial charge < -0.3 is 9.64 Å². The minimum atomic E-state index is 0.890. The lowest BCUT2D eigenvalue weighted by molar-refractivity contribution is 0.118. The van der Waals surface area contributed by atoms with E-state index in [2.05, 4.69) is 11.8 Å². The highest BCUT2D eigenvalue weighted by Gasteiger charge is 2.18. The van der Waals surface area contributed by atoms with Crippen LogP contribution in [-0.4, -0.2) is 38.3 Å². The van der Waals surface area contributed by atoms with Gasteiger partial charge in [0.2, 0.25) is 0 Å². The molecule has 0 aromatic rings. The Kier molecular flexibility index (Phi) is 7.87. The van der Waals surface area contributed by atoms with Crippen molar-refractivity contribution < 1.29 is 4.74 Å². The zero-order valence-corrected chi connectivity index (χ0v) is 11.2. The van der Waals surface area contributed by atoms with Gasteiger partial charge in [-0.1, -0.05) is 39.0 Å². The first-order chi connectivity index (χ1) is 7.86. The molecule has 0 saturated carbocycles. The fourth-order valence-electron chi connectivity index (χ4n) is 2.58. The van der Waals surface area contributed by atoms with Gasteiger partial charge in [0.15, 0.2) is 0 Å². The van der Waals surface area contributed by atoms with E-state index in [1.165, 1.54) is 58.0 Å². The maximum Gasteiger partial charge on any atom is 0.0589 e. The number of rotatable bonds is 8. The smallest absolute Gasteiger partial charge is 0.0589 e. The number of methoxy groups -OCH3 is 1. The molecular formula is C14H29NO. The highest BCUT2D eigenvalue weighted by Crippen LogP contribution is 2.22.